The van der Waals surface area contributed by atoms with Crippen molar-refractivity contribution in [2.24, 2.45) is 0 Å². The Balaban J connectivity index is 1.49. The van der Waals surface area contributed by atoms with Crippen molar-refractivity contribution in [1.82, 2.24) is 10.3 Å². The molecule has 1 atom stereocenters. The minimum atomic E-state index is -0.137. The molecule has 0 aromatic carbocycles. The predicted molar refractivity (Wildman–Crippen MR) is 79.1 cm³/mol. The zero-order chi connectivity index (χ0) is 13.9. The highest BCUT2D eigenvalue weighted by Crippen LogP contribution is 2.30. The van der Waals surface area contributed by atoms with Crippen molar-refractivity contribution in [3.63, 3.8) is 0 Å². The van der Waals surface area contributed by atoms with Crippen LogP contribution in [0.25, 0.3) is 0 Å². The summed E-state index contributed by atoms with van der Waals surface area (Å²) in [6, 6.07) is 0.510. The molecule has 1 saturated carbocycles. The second kappa shape index (κ2) is 5.97. The molecule has 1 unspecified atom stereocenters. The van der Waals surface area contributed by atoms with Crippen LogP contribution in [0.2, 0.25) is 0 Å². The number of rotatable bonds is 6. The van der Waals surface area contributed by atoms with Crippen LogP contribution in [0.15, 0.2) is 0 Å². The third-order valence-corrected chi connectivity index (χ3v) is 4.54. The number of hydrogen-bond donors (Lipinski definition) is 3. The van der Waals surface area contributed by atoms with E-state index in [1.807, 2.05) is 0 Å². The first-order valence-electron chi connectivity index (χ1n) is 7.15. The first kappa shape index (κ1) is 13.6. The molecule has 1 saturated heterocycles. The zero-order valence-electron chi connectivity index (χ0n) is 11.4. The van der Waals surface area contributed by atoms with Gasteiger partial charge in [-0.15, -0.1) is 0 Å². The second-order valence-electron chi connectivity index (χ2n) is 5.33. The average Bonchev–Trinajstić information content (AvgIpc) is 2.94. The molecule has 3 rings (SSSR count). The van der Waals surface area contributed by atoms with E-state index in [0.717, 1.165) is 31.0 Å². The van der Waals surface area contributed by atoms with Crippen LogP contribution < -0.4 is 16.4 Å². The molecule has 2 heterocycles. The van der Waals surface area contributed by atoms with Crippen molar-refractivity contribution in [3.05, 3.63) is 4.88 Å². The van der Waals surface area contributed by atoms with Crippen molar-refractivity contribution in [2.75, 3.05) is 24.2 Å². The summed E-state index contributed by atoms with van der Waals surface area (Å²) < 4.78 is 5.52. The van der Waals surface area contributed by atoms with Gasteiger partial charge in [0.25, 0.3) is 5.91 Å². The van der Waals surface area contributed by atoms with Gasteiger partial charge in [-0.3, -0.25) is 4.79 Å². The Hall–Kier alpha value is -1.34. The summed E-state index contributed by atoms with van der Waals surface area (Å²) in [4.78, 5) is 16.8. The third-order valence-electron chi connectivity index (χ3n) is 3.54. The first-order valence-corrected chi connectivity index (χ1v) is 7.96. The topological polar surface area (TPSA) is 89.3 Å². The smallest absolute Gasteiger partial charge is 0.265 e. The lowest BCUT2D eigenvalue weighted by Gasteiger charge is -2.09. The van der Waals surface area contributed by atoms with Gasteiger partial charge in [-0.2, -0.15) is 0 Å². The van der Waals surface area contributed by atoms with Crippen LogP contribution >= 0.6 is 11.3 Å². The number of nitrogens with zero attached hydrogens (tertiary/aromatic N) is 1. The Morgan fingerprint density at radius 1 is 1.45 bits per heavy atom. The fourth-order valence-electron chi connectivity index (χ4n) is 2.26. The van der Waals surface area contributed by atoms with Crippen LogP contribution in [0.3, 0.4) is 0 Å². The molecule has 1 amide bonds. The van der Waals surface area contributed by atoms with Crippen molar-refractivity contribution < 1.29 is 9.53 Å². The van der Waals surface area contributed by atoms with E-state index in [1.165, 1.54) is 24.2 Å². The summed E-state index contributed by atoms with van der Waals surface area (Å²) in [6.45, 7) is 1.46. The van der Waals surface area contributed by atoms with Gasteiger partial charge in [-0.05, 0) is 32.1 Å². The highest BCUT2D eigenvalue weighted by atomic mass is 32.1. The first-order chi connectivity index (χ1) is 9.72. The van der Waals surface area contributed by atoms with Crippen LogP contribution in [0.5, 0.6) is 0 Å². The lowest BCUT2D eigenvalue weighted by molar-refractivity contribution is 0.0911. The van der Waals surface area contributed by atoms with Gasteiger partial charge in [0.05, 0.1) is 6.10 Å². The standard InChI is InChI=1S/C13H20N4O2S/c14-11-10(20-13(17-11)16-8-3-4-8)12(18)15-6-5-9-2-1-7-19-9/h8-9H,1-7,14H2,(H,15,18)(H,16,17). The lowest BCUT2D eigenvalue weighted by Crippen LogP contribution is -2.26. The highest BCUT2D eigenvalue weighted by molar-refractivity contribution is 7.18. The van der Waals surface area contributed by atoms with Crippen molar-refractivity contribution in [1.29, 1.82) is 0 Å². The number of aromatic nitrogens is 1. The van der Waals surface area contributed by atoms with Gasteiger partial charge < -0.3 is 21.1 Å². The van der Waals surface area contributed by atoms with Gasteiger partial charge >= 0.3 is 0 Å². The Morgan fingerprint density at radius 3 is 3.00 bits per heavy atom. The molecule has 0 radical (unpaired) electrons. The number of carbonyl (C=O) groups excluding carboxylic acids is 1. The summed E-state index contributed by atoms with van der Waals surface area (Å²) in [5, 5.41) is 6.90. The van der Waals surface area contributed by atoms with Crippen LogP contribution in [0.4, 0.5) is 10.9 Å². The molecule has 4 N–H and O–H groups in total. The molecule has 20 heavy (non-hydrogen) atoms. The van der Waals surface area contributed by atoms with E-state index < -0.39 is 0 Å². The summed E-state index contributed by atoms with van der Waals surface area (Å²) in [6.07, 6.45) is 5.70. The summed E-state index contributed by atoms with van der Waals surface area (Å²) >= 11 is 1.33. The number of nitrogens with two attached hydrogens (primary N) is 1. The SMILES string of the molecule is Nc1nc(NC2CC2)sc1C(=O)NCCC1CCCO1. The fourth-order valence-corrected chi connectivity index (χ4v) is 3.14. The molecule has 110 valence electrons. The Labute approximate surface area is 122 Å². The molecular formula is C13H20N4O2S. The molecule has 0 bridgehead atoms. The van der Waals surface area contributed by atoms with E-state index in [0.29, 0.717) is 29.4 Å². The third kappa shape index (κ3) is 3.40. The maximum Gasteiger partial charge on any atom is 0.265 e. The Kier molecular flexibility index (Phi) is 4.07. The molecule has 1 aromatic rings. The number of anilines is 2. The summed E-state index contributed by atoms with van der Waals surface area (Å²) in [7, 11) is 0. The number of carbonyl (C=O) groups is 1. The number of thiazole rings is 1. The summed E-state index contributed by atoms with van der Waals surface area (Å²) in [5.41, 5.74) is 5.81. The van der Waals surface area contributed by atoms with Crippen molar-refractivity contribution in [3.8, 4) is 0 Å². The normalized spacial score (nSPS) is 21.9. The molecule has 7 heteroatoms. The van der Waals surface area contributed by atoms with Gasteiger partial charge in [0.2, 0.25) is 0 Å². The highest BCUT2D eigenvalue weighted by Gasteiger charge is 2.24. The number of ether oxygens (including phenoxy) is 1. The monoisotopic (exact) mass is 296 g/mol. The number of nitrogens with one attached hydrogen (secondary N) is 2. The summed E-state index contributed by atoms with van der Waals surface area (Å²) in [5.74, 6) is 0.176. The van der Waals surface area contributed by atoms with Gasteiger partial charge in [0.15, 0.2) is 5.13 Å². The fraction of sp³-hybridized carbons (Fsp3) is 0.692. The Morgan fingerprint density at radius 2 is 2.30 bits per heavy atom. The molecule has 2 aliphatic rings. The molecular weight excluding hydrogens is 276 g/mol. The van der Waals surface area contributed by atoms with Gasteiger partial charge in [0, 0.05) is 19.2 Å². The van der Waals surface area contributed by atoms with Crippen LogP contribution in [0.1, 0.15) is 41.8 Å². The van der Waals surface area contributed by atoms with Gasteiger partial charge in [-0.1, -0.05) is 11.3 Å². The number of nitrogen functional groups attached to an aromatic ring is 1. The minimum Gasteiger partial charge on any atom is -0.382 e. The molecule has 0 spiro atoms. The number of hydrogen-bond acceptors (Lipinski definition) is 6. The average molecular weight is 296 g/mol. The quantitative estimate of drug-likeness (QED) is 0.742. The molecule has 1 aromatic heterocycles. The maximum absolute atomic E-state index is 12.1. The van der Waals surface area contributed by atoms with Crippen LogP contribution in [-0.2, 0) is 4.74 Å². The van der Waals surface area contributed by atoms with E-state index in [2.05, 4.69) is 15.6 Å². The molecule has 2 fully saturated rings. The molecule has 6 nitrogen and oxygen atoms in total. The van der Waals surface area contributed by atoms with E-state index in [4.69, 9.17) is 10.5 Å². The van der Waals surface area contributed by atoms with E-state index in [-0.39, 0.29) is 5.91 Å². The number of amides is 1. The Bertz CT molecular complexity index is 481. The van der Waals surface area contributed by atoms with E-state index in [9.17, 15) is 4.79 Å². The lowest BCUT2D eigenvalue weighted by atomic mass is 10.2. The molecule has 1 aliphatic heterocycles. The van der Waals surface area contributed by atoms with Gasteiger partial charge in [-0.25, -0.2) is 4.98 Å². The largest absolute Gasteiger partial charge is 0.382 e. The maximum atomic E-state index is 12.1. The van der Waals surface area contributed by atoms with Crippen molar-refractivity contribution >= 4 is 28.2 Å². The minimum absolute atomic E-state index is 0.137. The second-order valence-corrected chi connectivity index (χ2v) is 6.33. The zero-order valence-corrected chi connectivity index (χ0v) is 12.2. The van der Waals surface area contributed by atoms with E-state index >= 15 is 0 Å². The van der Waals surface area contributed by atoms with Gasteiger partial charge in [0.1, 0.15) is 10.7 Å². The predicted octanol–water partition coefficient (Wildman–Crippen LogP) is 1.60. The van der Waals surface area contributed by atoms with E-state index in [1.54, 1.807) is 0 Å². The van der Waals surface area contributed by atoms with Crippen LogP contribution in [-0.4, -0.2) is 36.2 Å². The molecule has 1 aliphatic carbocycles. The van der Waals surface area contributed by atoms with Crippen molar-refractivity contribution in [2.45, 2.75) is 44.2 Å². The van der Waals surface area contributed by atoms with Crippen LogP contribution in [0, 0.1) is 0 Å².